The Balaban J connectivity index is 2.26. The number of aromatic nitrogens is 1. The molecule has 0 aliphatic heterocycles. The predicted octanol–water partition coefficient (Wildman–Crippen LogP) is 2.79. The molecule has 0 spiro atoms. The first-order chi connectivity index (χ1) is 8.99. The molecule has 0 aliphatic carbocycles. The Morgan fingerprint density at radius 1 is 1.26 bits per heavy atom. The van der Waals surface area contributed by atoms with Crippen LogP contribution in [0, 0.1) is 6.92 Å². The maximum absolute atomic E-state index is 12.4. The Morgan fingerprint density at radius 3 is 2.58 bits per heavy atom. The number of thiazole rings is 1. The van der Waals surface area contributed by atoms with E-state index in [2.05, 4.69) is 4.98 Å². The molecule has 0 unspecified atom stereocenters. The SMILES string of the molecule is Cc1csc(N(C)C(=O)c2cccc(N(C)C)c2)n1. The molecule has 0 bridgehead atoms. The van der Waals surface area contributed by atoms with Gasteiger partial charge in [0.25, 0.3) is 5.91 Å². The molecule has 100 valence electrons. The van der Waals surface area contributed by atoms with Gasteiger partial charge in [0, 0.05) is 37.8 Å². The Bertz CT molecular complexity index is 592. The van der Waals surface area contributed by atoms with Crippen LogP contribution in [0.1, 0.15) is 16.1 Å². The van der Waals surface area contributed by atoms with Crippen molar-refractivity contribution in [1.29, 1.82) is 0 Å². The Hall–Kier alpha value is -1.88. The highest BCUT2D eigenvalue weighted by atomic mass is 32.1. The van der Waals surface area contributed by atoms with Gasteiger partial charge in [-0.1, -0.05) is 6.07 Å². The number of benzene rings is 1. The summed E-state index contributed by atoms with van der Waals surface area (Å²) in [6.45, 7) is 1.92. The summed E-state index contributed by atoms with van der Waals surface area (Å²) in [7, 11) is 5.66. The van der Waals surface area contributed by atoms with Crippen molar-refractivity contribution in [2.24, 2.45) is 0 Å². The Morgan fingerprint density at radius 2 is 2.00 bits per heavy atom. The molecule has 0 atom stereocenters. The Kier molecular flexibility index (Phi) is 3.85. The molecule has 1 amide bonds. The molecule has 2 rings (SSSR count). The van der Waals surface area contributed by atoms with Crippen molar-refractivity contribution in [3.8, 4) is 0 Å². The third kappa shape index (κ3) is 2.93. The summed E-state index contributed by atoms with van der Waals surface area (Å²) in [6, 6.07) is 7.58. The van der Waals surface area contributed by atoms with Gasteiger partial charge >= 0.3 is 0 Å². The van der Waals surface area contributed by atoms with E-state index in [1.807, 2.05) is 55.6 Å². The summed E-state index contributed by atoms with van der Waals surface area (Å²) in [5.74, 6) is -0.0435. The molecular formula is C14H17N3OS. The van der Waals surface area contributed by atoms with E-state index in [1.54, 1.807) is 11.9 Å². The smallest absolute Gasteiger partial charge is 0.259 e. The minimum absolute atomic E-state index is 0.0435. The summed E-state index contributed by atoms with van der Waals surface area (Å²) < 4.78 is 0. The van der Waals surface area contributed by atoms with Gasteiger partial charge in [-0.15, -0.1) is 11.3 Å². The quantitative estimate of drug-likeness (QED) is 0.864. The van der Waals surface area contributed by atoms with Gasteiger partial charge in [0.15, 0.2) is 5.13 Å². The van der Waals surface area contributed by atoms with Gasteiger partial charge in [0.05, 0.1) is 5.69 Å². The number of hydrogen-bond acceptors (Lipinski definition) is 4. The van der Waals surface area contributed by atoms with Crippen LogP contribution in [0.2, 0.25) is 0 Å². The van der Waals surface area contributed by atoms with Crippen LogP contribution in [0.3, 0.4) is 0 Å². The van der Waals surface area contributed by atoms with Gasteiger partial charge in [-0.05, 0) is 25.1 Å². The first-order valence-corrected chi connectivity index (χ1v) is 6.84. The molecule has 0 fully saturated rings. The minimum atomic E-state index is -0.0435. The lowest BCUT2D eigenvalue weighted by Gasteiger charge is -2.16. The molecule has 0 aliphatic rings. The number of rotatable bonds is 3. The van der Waals surface area contributed by atoms with E-state index < -0.39 is 0 Å². The largest absolute Gasteiger partial charge is 0.378 e. The molecule has 1 aromatic heterocycles. The van der Waals surface area contributed by atoms with Gasteiger partial charge in [0.1, 0.15) is 0 Å². The van der Waals surface area contributed by atoms with E-state index in [0.29, 0.717) is 5.56 Å². The zero-order chi connectivity index (χ0) is 14.0. The van der Waals surface area contributed by atoms with Crippen molar-refractivity contribution in [3.63, 3.8) is 0 Å². The van der Waals surface area contributed by atoms with Crippen molar-refractivity contribution >= 4 is 28.1 Å². The second-order valence-electron chi connectivity index (χ2n) is 4.58. The fourth-order valence-corrected chi connectivity index (χ4v) is 2.46. The molecule has 1 heterocycles. The molecule has 0 saturated heterocycles. The van der Waals surface area contributed by atoms with Crippen molar-refractivity contribution in [2.75, 3.05) is 30.9 Å². The molecule has 0 radical (unpaired) electrons. The lowest BCUT2D eigenvalue weighted by Crippen LogP contribution is -2.26. The van der Waals surface area contributed by atoms with Gasteiger partial charge in [-0.25, -0.2) is 4.98 Å². The average Bonchev–Trinajstić information content (AvgIpc) is 2.84. The summed E-state index contributed by atoms with van der Waals surface area (Å²) in [5.41, 5.74) is 2.61. The standard InChI is InChI=1S/C14H17N3OS/c1-10-9-19-14(15-10)17(4)13(18)11-6-5-7-12(8-11)16(2)3/h5-9H,1-4H3. The molecule has 0 saturated carbocycles. The van der Waals surface area contributed by atoms with E-state index in [9.17, 15) is 4.79 Å². The van der Waals surface area contributed by atoms with E-state index in [4.69, 9.17) is 0 Å². The van der Waals surface area contributed by atoms with Crippen LogP contribution in [0.15, 0.2) is 29.6 Å². The van der Waals surface area contributed by atoms with Crippen LogP contribution in [0.5, 0.6) is 0 Å². The zero-order valence-corrected chi connectivity index (χ0v) is 12.4. The van der Waals surface area contributed by atoms with E-state index in [1.165, 1.54) is 11.3 Å². The maximum atomic E-state index is 12.4. The molecule has 5 heteroatoms. The van der Waals surface area contributed by atoms with Crippen LogP contribution in [-0.4, -0.2) is 32.0 Å². The lowest BCUT2D eigenvalue weighted by molar-refractivity contribution is 0.0993. The maximum Gasteiger partial charge on any atom is 0.259 e. The third-order valence-electron chi connectivity index (χ3n) is 2.81. The van der Waals surface area contributed by atoms with E-state index in [-0.39, 0.29) is 5.91 Å². The molecule has 0 N–H and O–H groups in total. The zero-order valence-electron chi connectivity index (χ0n) is 11.5. The number of hydrogen-bond donors (Lipinski definition) is 0. The number of aryl methyl sites for hydroxylation is 1. The van der Waals surface area contributed by atoms with Gasteiger partial charge < -0.3 is 4.90 Å². The third-order valence-corrected chi connectivity index (χ3v) is 3.84. The number of nitrogens with zero attached hydrogens (tertiary/aromatic N) is 3. The minimum Gasteiger partial charge on any atom is -0.378 e. The molecular weight excluding hydrogens is 258 g/mol. The fourth-order valence-electron chi connectivity index (χ4n) is 1.69. The van der Waals surface area contributed by atoms with Crippen LogP contribution < -0.4 is 9.80 Å². The second-order valence-corrected chi connectivity index (χ2v) is 5.42. The molecule has 2 aromatic rings. The van der Waals surface area contributed by atoms with Crippen LogP contribution >= 0.6 is 11.3 Å². The van der Waals surface area contributed by atoms with Crippen LogP contribution in [-0.2, 0) is 0 Å². The highest BCUT2D eigenvalue weighted by Gasteiger charge is 2.16. The number of amides is 1. The van der Waals surface area contributed by atoms with Crippen molar-refractivity contribution in [3.05, 3.63) is 40.9 Å². The summed E-state index contributed by atoms with van der Waals surface area (Å²) in [6.07, 6.45) is 0. The normalized spacial score (nSPS) is 10.3. The fraction of sp³-hybridized carbons (Fsp3) is 0.286. The number of anilines is 2. The van der Waals surface area contributed by atoms with Crippen molar-refractivity contribution in [1.82, 2.24) is 4.98 Å². The molecule has 4 nitrogen and oxygen atoms in total. The average molecular weight is 275 g/mol. The highest BCUT2D eigenvalue weighted by molar-refractivity contribution is 7.14. The first-order valence-electron chi connectivity index (χ1n) is 5.96. The van der Waals surface area contributed by atoms with Gasteiger partial charge in [-0.2, -0.15) is 0 Å². The van der Waals surface area contributed by atoms with Gasteiger partial charge in [-0.3, -0.25) is 9.69 Å². The van der Waals surface area contributed by atoms with E-state index in [0.717, 1.165) is 16.5 Å². The number of carbonyl (C=O) groups is 1. The summed E-state index contributed by atoms with van der Waals surface area (Å²) >= 11 is 1.47. The molecule has 1 aromatic carbocycles. The topological polar surface area (TPSA) is 36.4 Å². The predicted molar refractivity (Wildman–Crippen MR) is 80.4 cm³/mol. The van der Waals surface area contributed by atoms with Gasteiger partial charge in [0.2, 0.25) is 0 Å². The van der Waals surface area contributed by atoms with Crippen LogP contribution in [0.25, 0.3) is 0 Å². The summed E-state index contributed by atoms with van der Waals surface area (Å²) in [4.78, 5) is 20.3. The Labute approximate surface area is 117 Å². The molecule has 19 heavy (non-hydrogen) atoms. The number of carbonyl (C=O) groups excluding carboxylic acids is 1. The monoisotopic (exact) mass is 275 g/mol. The van der Waals surface area contributed by atoms with Crippen LogP contribution in [0.4, 0.5) is 10.8 Å². The second kappa shape index (κ2) is 5.40. The van der Waals surface area contributed by atoms with Crippen molar-refractivity contribution in [2.45, 2.75) is 6.92 Å². The highest BCUT2D eigenvalue weighted by Crippen LogP contribution is 2.22. The lowest BCUT2D eigenvalue weighted by atomic mass is 10.1. The summed E-state index contributed by atoms with van der Waals surface area (Å²) in [5, 5.41) is 2.66. The first kappa shape index (κ1) is 13.5. The van der Waals surface area contributed by atoms with E-state index >= 15 is 0 Å². The van der Waals surface area contributed by atoms with Crippen molar-refractivity contribution < 1.29 is 4.79 Å².